The Morgan fingerprint density at radius 2 is 1.45 bits per heavy atom. The van der Waals surface area contributed by atoms with Gasteiger partial charge in [-0.2, -0.15) is 26.3 Å². The van der Waals surface area contributed by atoms with Gasteiger partial charge in [0.15, 0.2) is 5.67 Å². The molecule has 1 aliphatic carbocycles. The van der Waals surface area contributed by atoms with Crippen molar-refractivity contribution < 1.29 is 43.5 Å². The second kappa shape index (κ2) is 7.66. The summed E-state index contributed by atoms with van der Waals surface area (Å²) in [6.45, 7) is -0.170. The van der Waals surface area contributed by atoms with Gasteiger partial charge in [0, 0.05) is 5.56 Å². The van der Waals surface area contributed by atoms with Crippen molar-refractivity contribution in [2.45, 2.75) is 35.5 Å². The van der Waals surface area contributed by atoms with Crippen molar-refractivity contribution in [3.63, 3.8) is 0 Å². The van der Waals surface area contributed by atoms with Crippen LogP contribution in [0.5, 0.6) is 0 Å². The molecule has 3 rings (SSSR count). The summed E-state index contributed by atoms with van der Waals surface area (Å²) in [5, 5.41) is 5.15. The number of sulfonamides is 1. The highest BCUT2D eigenvalue weighted by Gasteiger charge is 2.72. The molecule has 12 heteroatoms. The van der Waals surface area contributed by atoms with Crippen LogP contribution in [0, 0.1) is 0 Å². The van der Waals surface area contributed by atoms with E-state index in [1.807, 2.05) is 0 Å². The molecule has 3 nitrogen and oxygen atoms in total. The third-order valence-corrected chi connectivity index (χ3v) is 6.22. The second-order valence-electron chi connectivity index (χ2n) is 7.46. The van der Waals surface area contributed by atoms with E-state index < -0.39 is 55.3 Å². The highest BCUT2D eigenvalue weighted by Crippen LogP contribution is 2.56. The minimum Gasteiger partial charge on any atom is -0.235 e. The van der Waals surface area contributed by atoms with Crippen LogP contribution in [0.25, 0.3) is 16.7 Å². The standard InChI is InChI=1S/C21H15F8NO2S/c1-18(22)16(20(24,25)26)10-13(11-19(18,23)21(27,28)29)17-14(12-6-3-2-4-7-12)8-5-9-15(17)33(30,31)32/h2-11H,1H3,(H2,30,31,32). The van der Waals surface area contributed by atoms with Gasteiger partial charge in [0.05, 0.1) is 10.5 Å². The topological polar surface area (TPSA) is 60.2 Å². The molecule has 0 saturated carbocycles. The molecule has 1 aliphatic rings. The Balaban J connectivity index is 2.51. The molecule has 0 amide bonds. The molecule has 2 unspecified atom stereocenters. The van der Waals surface area contributed by atoms with Crippen LogP contribution < -0.4 is 5.14 Å². The van der Waals surface area contributed by atoms with Gasteiger partial charge < -0.3 is 0 Å². The number of rotatable bonds is 3. The molecule has 0 spiro atoms. The number of benzene rings is 2. The Kier molecular flexibility index (Phi) is 5.78. The van der Waals surface area contributed by atoms with Crippen molar-refractivity contribution in [2.75, 3.05) is 0 Å². The van der Waals surface area contributed by atoms with Crippen LogP contribution in [-0.4, -0.2) is 32.1 Å². The van der Waals surface area contributed by atoms with Gasteiger partial charge in [0.1, 0.15) is 0 Å². The molecule has 33 heavy (non-hydrogen) atoms. The van der Waals surface area contributed by atoms with Crippen molar-refractivity contribution in [2.24, 2.45) is 5.14 Å². The average molecular weight is 497 g/mol. The minimum absolute atomic E-state index is 0.0278. The first-order chi connectivity index (χ1) is 14.9. The lowest BCUT2D eigenvalue weighted by atomic mass is 9.73. The van der Waals surface area contributed by atoms with Crippen LogP contribution >= 0.6 is 0 Å². The maximum atomic E-state index is 15.2. The molecule has 0 saturated heterocycles. The predicted octanol–water partition coefficient (Wildman–Crippen LogP) is 5.89. The van der Waals surface area contributed by atoms with Crippen molar-refractivity contribution in [1.82, 2.24) is 0 Å². The van der Waals surface area contributed by atoms with E-state index in [4.69, 9.17) is 5.14 Å². The highest BCUT2D eigenvalue weighted by atomic mass is 32.2. The summed E-state index contributed by atoms with van der Waals surface area (Å²) in [5.41, 5.74) is -14.0. The zero-order valence-corrected chi connectivity index (χ0v) is 17.4. The first kappa shape index (κ1) is 24.9. The molecule has 2 aromatic rings. The van der Waals surface area contributed by atoms with Crippen molar-refractivity contribution in [3.8, 4) is 11.1 Å². The first-order valence-corrected chi connectivity index (χ1v) is 10.6. The van der Waals surface area contributed by atoms with Gasteiger partial charge >= 0.3 is 12.4 Å². The molecule has 0 radical (unpaired) electrons. The van der Waals surface area contributed by atoms with Gasteiger partial charge in [0.25, 0.3) is 5.67 Å². The van der Waals surface area contributed by atoms with Gasteiger partial charge in [-0.15, -0.1) is 0 Å². The highest BCUT2D eigenvalue weighted by molar-refractivity contribution is 7.89. The lowest BCUT2D eigenvalue weighted by molar-refractivity contribution is -0.251. The Hall–Kier alpha value is -2.73. The maximum Gasteiger partial charge on any atom is 0.429 e. The fraction of sp³-hybridized carbons (Fsp3) is 0.238. The number of alkyl halides is 8. The summed E-state index contributed by atoms with van der Waals surface area (Å²) in [4.78, 5) is -0.861. The average Bonchev–Trinajstić information content (AvgIpc) is 2.67. The summed E-state index contributed by atoms with van der Waals surface area (Å²) in [7, 11) is -4.72. The number of hydrogen-bond donors (Lipinski definition) is 1. The fourth-order valence-corrected chi connectivity index (χ4v) is 4.42. The van der Waals surface area contributed by atoms with Crippen molar-refractivity contribution in [3.05, 3.63) is 71.8 Å². The van der Waals surface area contributed by atoms with E-state index >= 15 is 4.39 Å². The van der Waals surface area contributed by atoms with E-state index in [9.17, 15) is 39.2 Å². The van der Waals surface area contributed by atoms with Gasteiger partial charge in [-0.05, 0) is 41.8 Å². The van der Waals surface area contributed by atoms with Crippen LogP contribution in [0.4, 0.5) is 35.1 Å². The Labute approximate surface area is 183 Å². The van der Waals surface area contributed by atoms with Gasteiger partial charge in [-0.3, -0.25) is 0 Å². The normalized spacial score (nSPS) is 24.3. The van der Waals surface area contributed by atoms with Crippen LogP contribution in [-0.2, 0) is 10.0 Å². The van der Waals surface area contributed by atoms with Gasteiger partial charge in [-0.25, -0.2) is 22.3 Å². The molecule has 2 atom stereocenters. The predicted molar refractivity (Wildman–Crippen MR) is 105 cm³/mol. The molecule has 2 aromatic carbocycles. The van der Waals surface area contributed by atoms with E-state index in [0.717, 1.165) is 12.1 Å². The third-order valence-electron chi connectivity index (χ3n) is 5.27. The van der Waals surface area contributed by atoms with Crippen molar-refractivity contribution in [1.29, 1.82) is 0 Å². The Bertz CT molecular complexity index is 1250. The summed E-state index contributed by atoms with van der Waals surface area (Å²) in [6, 6.07) is 10.5. The third kappa shape index (κ3) is 4.17. The monoisotopic (exact) mass is 497 g/mol. The quantitative estimate of drug-likeness (QED) is 0.538. The van der Waals surface area contributed by atoms with Crippen LogP contribution in [0.15, 0.2) is 71.2 Å². The smallest absolute Gasteiger partial charge is 0.235 e. The summed E-state index contributed by atoms with van der Waals surface area (Å²) in [6.07, 6.45) is -12.2. The number of halogens is 8. The second-order valence-corrected chi connectivity index (χ2v) is 8.99. The SMILES string of the molecule is CC1(F)C(C(F)(F)F)=CC(c2c(-c3ccccc3)cccc2S(N)(=O)=O)=CC1(F)C(F)(F)F. The Morgan fingerprint density at radius 3 is 1.94 bits per heavy atom. The van der Waals surface area contributed by atoms with Gasteiger partial charge in [0.2, 0.25) is 10.0 Å². The molecular weight excluding hydrogens is 482 g/mol. The minimum atomic E-state index is -6.12. The van der Waals surface area contributed by atoms with E-state index in [-0.39, 0.29) is 30.2 Å². The van der Waals surface area contributed by atoms with E-state index in [0.29, 0.717) is 0 Å². The van der Waals surface area contributed by atoms with Crippen LogP contribution in [0.1, 0.15) is 12.5 Å². The number of nitrogens with two attached hydrogens (primary N) is 1. The van der Waals surface area contributed by atoms with E-state index in [1.54, 1.807) is 6.07 Å². The number of primary sulfonamides is 1. The summed E-state index contributed by atoms with van der Waals surface area (Å²) >= 11 is 0. The molecule has 178 valence electrons. The number of hydrogen-bond acceptors (Lipinski definition) is 2. The zero-order chi connectivity index (χ0) is 25.0. The zero-order valence-electron chi connectivity index (χ0n) is 16.6. The molecule has 0 aliphatic heterocycles. The van der Waals surface area contributed by atoms with E-state index in [2.05, 4.69) is 0 Å². The Morgan fingerprint density at radius 1 is 0.879 bits per heavy atom. The lowest BCUT2D eigenvalue weighted by Crippen LogP contribution is -2.58. The fourth-order valence-electron chi connectivity index (χ4n) is 3.64. The molecule has 2 N–H and O–H groups in total. The van der Waals surface area contributed by atoms with Crippen LogP contribution in [0.2, 0.25) is 0 Å². The molecule has 0 fully saturated rings. The lowest BCUT2D eigenvalue weighted by Gasteiger charge is -2.41. The molecule has 0 heterocycles. The van der Waals surface area contributed by atoms with Crippen molar-refractivity contribution >= 4 is 15.6 Å². The van der Waals surface area contributed by atoms with Gasteiger partial charge in [-0.1, -0.05) is 42.5 Å². The number of allylic oxidation sites excluding steroid dienone is 4. The maximum absolute atomic E-state index is 15.2. The molecular formula is C21H15F8NO2S. The van der Waals surface area contributed by atoms with E-state index in [1.165, 1.54) is 30.3 Å². The largest absolute Gasteiger partial charge is 0.429 e. The van der Waals surface area contributed by atoms with Crippen LogP contribution in [0.3, 0.4) is 0 Å². The summed E-state index contributed by atoms with van der Waals surface area (Å²) < 4.78 is 136. The first-order valence-electron chi connectivity index (χ1n) is 9.09. The summed E-state index contributed by atoms with van der Waals surface area (Å²) in [5.74, 6) is 0. The molecule has 0 aromatic heterocycles. The molecule has 0 bridgehead atoms.